The summed E-state index contributed by atoms with van der Waals surface area (Å²) in [6, 6.07) is 26.5. The summed E-state index contributed by atoms with van der Waals surface area (Å²) in [7, 11) is -2.81. The maximum absolute atomic E-state index is 11.9. The van der Waals surface area contributed by atoms with E-state index in [1.54, 1.807) is 0 Å². The molecule has 0 amide bonds. The number of hydrogen-bond donors (Lipinski definition) is 1. The van der Waals surface area contributed by atoms with E-state index in [0.29, 0.717) is 11.3 Å². The van der Waals surface area contributed by atoms with Crippen molar-refractivity contribution in [1.82, 2.24) is 9.78 Å². The van der Waals surface area contributed by atoms with Crippen LogP contribution in [0.25, 0.3) is 10.9 Å². The summed E-state index contributed by atoms with van der Waals surface area (Å²) < 4.78 is 8.11. The zero-order valence-electron chi connectivity index (χ0n) is 19.7. The minimum absolute atomic E-state index is 0.108. The van der Waals surface area contributed by atoms with Gasteiger partial charge in [0, 0.05) is 11.5 Å². The van der Waals surface area contributed by atoms with Crippen LogP contribution in [0.3, 0.4) is 0 Å². The van der Waals surface area contributed by atoms with Crippen molar-refractivity contribution < 1.29 is 14.3 Å². The van der Waals surface area contributed by atoms with Gasteiger partial charge in [0.1, 0.15) is 5.75 Å². The molecular formula is C27H30N2O3Si. The monoisotopic (exact) mass is 458 g/mol. The Morgan fingerprint density at radius 1 is 0.939 bits per heavy atom. The lowest BCUT2D eigenvalue weighted by molar-refractivity contribution is 0.193. The van der Waals surface area contributed by atoms with Crippen LogP contribution in [0.2, 0.25) is 5.04 Å². The molecule has 4 rings (SSSR count). The predicted molar refractivity (Wildman–Crippen MR) is 135 cm³/mol. The highest BCUT2D eigenvalue weighted by Crippen LogP contribution is 2.38. The first kappa shape index (κ1) is 22.8. The zero-order chi connectivity index (χ0) is 23.8. The topological polar surface area (TPSA) is 64.4 Å². The lowest BCUT2D eigenvalue weighted by Gasteiger charge is -2.43. The molecule has 5 nitrogen and oxygen atoms in total. The van der Waals surface area contributed by atoms with Gasteiger partial charge in [-0.3, -0.25) is 0 Å². The molecular weight excluding hydrogens is 428 g/mol. The minimum Gasteiger partial charge on any atom is -0.534 e. The number of fused-ring (bicyclic) bond motifs is 1. The molecule has 33 heavy (non-hydrogen) atoms. The smallest absolute Gasteiger partial charge is 0.432 e. The summed E-state index contributed by atoms with van der Waals surface area (Å²) in [5.41, 5.74) is 1.31. The molecule has 4 aromatic rings. The highest BCUT2D eigenvalue weighted by Gasteiger charge is 2.52. The van der Waals surface area contributed by atoms with E-state index in [2.05, 4.69) is 50.1 Å². The van der Waals surface area contributed by atoms with Gasteiger partial charge in [0.05, 0.1) is 11.2 Å². The van der Waals surface area contributed by atoms with E-state index >= 15 is 0 Å². The van der Waals surface area contributed by atoms with E-state index in [1.807, 2.05) is 68.4 Å². The Bertz CT molecular complexity index is 1240. The molecule has 0 saturated carbocycles. The van der Waals surface area contributed by atoms with Crippen LogP contribution in [0, 0.1) is 0 Å². The predicted octanol–water partition coefficient (Wildman–Crippen LogP) is 5.62. The van der Waals surface area contributed by atoms with Gasteiger partial charge < -0.3 is 9.53 Å². The fourth-order valence-electron chi connectivity index (χ4n) is 4.58. The zero-order valence-corrected chi connectivity index (χ0v) is 20.7. The van der Waals surface area contributed by atoms with Crippen LogP contribution < -0.4 is 14.8 Å². The van der Waals surface area contributed by atoms with Gasteiger partial charge in [-0.25, -0.2) is 4.79 Å². The maximum Gasteiger partial charge on any atom is 0.432 e. The molecule has 6 heteroatoms. The summed E-state index contributed by atoms with van der Waals surface area (Å²) in [6.45, 7) is 10.7. The fourth-order valence-corrected chi connectivity index (χ4v) is 8.99. The van der Waals surface area contributed by atoms with Crippen molar-refractivity contribution in [3.63, 3.8) is 0 Å². The molecule has 0 aliphatic heterocycles. The number of nitrogens with zero attached hydrogens (tertiary/aromatic N) is 2. The summed E-state index contributed by atoms with van der Waals surface area (Å²) in [5.74, 6) is 0.756. The standard InChI is InChI=1S/C27H30N2O3Si/c1-19(2)25-23-17-16-20(18-24(23)29(28-25)26(30)31)32-33(27(3,4)5,21-12-8-6-9-13-21)22-14-10-7-11-15-22/h6-19H,1-5H3,(H,30,31). The Morgan fingerprint density at radius 3 is 1.94 bits per heavy atom. The molecule has 0 radical (unpaired) electrons. The van der Waals surface area contributed by atoms with Crippen LogP contribution in [0.4, 0.5) is 4.79 Å². The van der Waals surface area contributed by atoms with Gasteiger partial charge in [-0.15, -0.1) is 0 Å². The van der Waals surface area contributed by atoms with E-state index in [9.17, 15) is 9.90 Å². The average Bonchev–Trinajstić information content (AvgIpc) is 3.17. The van der Waals surface area contributed by atoms with E-state index in [4.69, 9.17) is 4.43 Å². The van der Waals surface area contributed by atoms with Crippen LogP contribution >= 0.6 is 0 Å². The van der Waals surface area contributed by atoms with E-state index < -0.39 is 14.4 Å². The second kappa shape index (κ2) is 8.52. The Balaban J connectivity index is 1.95. The van der Waals surface area contributed by atoms with Crippen molar-refractivity contribution in [3.05, 3.63) is 84.6 Å². The minimum atomic E-state index is -2.81. The molecule has 1 N–H and O–H groups in total. The number of rotatable bonds is 5. The second-order valence-corrected chi connectivity index (χ2v) is 13.9. The normalized spacial score (nSPS) is 12.3. The fraction of sp³-hybridized carbons (Fsp3) is 0.259. The molecule has 0 aliphatic rings. The highest BCUT2D eigenvalue weighted by atomic mass is 28.4. The molecule has 0 unspecified atom stereocenters. The summed E-state index contributed by atoms with van der Waals surface area (Å²) in [5, 5.41) is 17.1. The molecule has 0 fully saturated rings. The van der Waals surface area contributed by atoms with E-state index in [0.717, 1.165) is 15.8 Å². The van der Waals surface area contributed by atoms with Crippen LogP contribution in [0.1, 0.15) is 46.2 Å². The third kappa shape index (κ3) is 3.95. The number of carbonyl (C=O) groups is 1. The summed E-state index contributed by atoms with van der Waals surface area (Å²) in [6.07, 6.45) is -1.10. The Labute approximate surface area is 195 Å². The maximum atomic E-state index is 11.9. The van der Waals surface area contributed by atoms with Crippen LogP contribution in [0.15, 0.2) is 78.9 Å². The average molecular weight is 459 g/mol. The molecule has 1 heterocycles. The Hall–Kier alpha value is -3.38. The van der Waals surface area contributed by atoms with E-state index in [1.165, 1.54) is 10.4 Å². The largest absolute Gasteiger partial charge is 0.534 e. The highest BCUT2D eigenvalue weighted by molar-refractivity contribution is 7.00. The van der Waals surface area contributed by atoms with Gasteiger partial charge in [-0.2, -0.15) is 9.78 Å². The van der Waals surface area contributed by atoms with Crippen LogP contribution in [0.5, 0.6) is 5.75 Å². The SMILES string of the molecule is CC(C)c1nn(C(=O)O)c2cc(O[Si](c3ccccc3)(c3ccccc3)C(C)(C)C)ccc12. The van der Waals surface area contributed by atoms with Gasteiger partial charge in [0.15, 0.2) is 0 Å². The lowest BCUT2D eigenvalue weighted by Crippen LogP contribution is -2.68. The first-order valence-corrected chi connectivity index (χ1v) is 13.1. The van der Waals surface area contributed by atoms with Gasteiger partial charge in [-0.05, 0) is 33.5 Å². The number of benzene rings is 3. The van der Waals surface area contributed by atoms with Crippen molar-refractivity contribution in [2.24, 2.45) is 0 Å². The number of hydrogen-bond acceptors (Lipinski definition) is 3. The van der Waals surface area contributed by atoms with Crippen molar-refractivity contribution in [2.45, 2.75) is 45.6 Å². The molecule has 1 aromatic heterocycles. The van der Waals surface area contributed by atoms with Crippen molar-refractivity contribution in [1.29, 1.82) is 0 Å². The molecule has 170 valence electrons. The quantitative estimate of drug-likeness (QED) is 0.394. The molecule has 0 saturated heterocycles. The van der Waals surface area contributed by atoms with Crippen molar-refractivity contribution in [3.8, 4) is 5.75 Å². The second-order valence-electron chi connectivity index (χ2n) is 9.68. The number of carboxylic acid groups (broad SMARTS) is 1. The van der Waals surface area contributed by atoms with Gasteiger partial charge in [-0.1, -0.05) is 95.3 Å². The van der Waals surface area contributed by atoms with Crippen molar-refractivity contribution >= 4 is 35.7 Å². The third-order valence-corrected chi connectivity index (χ3v) is 11.0. The summed E-state index contributed by atoms with van der Waals surface area (Å²) >= 11 is 0. The lowest BCUT2D eigenvalue weighted by atomic mass is 10.1. The molecule has 0 aliphatic carbocycles. The van der Waals surface area contributed by atoms with Crippen LogP contribution in [-0.2, 0) is 0 Å². The first-order valence-electron chi connectivity index (χ1n) is 11.2. The first-order chi connectivity index (χ1) is 15.6. The molecule has 0 atom stereocenters. The van der Waals surface area contributed by atoms with Crippen LogP contribution in [-0.4, -0.2) is 29.3 Å². The molecule has 0 bridgehead atoms. The Morgan fingerprint density at radius 2 is 1.48 bits per heavy atom. The van der Waals surface area contributed by atoms with Crippen molar-refractivity contribution in [2.75, 3.05) is 0 Å². The summed E-state index contributed by atoms with van der Waals surface area (Å²) in [4.78, 5) is 11.9. The molecule has 3 aromatic carbocycles. The van der Waals surface area contributed by atoms with Gasteiger partial charge >= 0.3 is 14.4 Å². The molecule has 0 spiro atoms. The van der Waals surface area contributed by atoms with Gasteiger partial charge in [0.25, 0.3) is 0 Å². The third-order valence-electron chi connectivity index (χ3n) is 6.10. The number of aromatic nitrogens is 2. The van der Waals surface area contributed by atoms with Gasteiger partial charge in [0.2, 0.25) is 0 Å². The van der Waals surface area contributed by atoms with E-state index in [-0.39, 0.29) is 11.0 Å². The Kier molecular flexibility index (Phi) is 5.89.